The van der Waals surface area contributed by atoms with Crippen LogP contribution in [-0.4, -0.2) is 0 Å². The molecule has 0 N–H and O–H groups in total. The van der Waals surface area contributed by atoms with E-state index >= 15 is 0 Å². The number of ether oxygens (including phenoxy) is 1. The van der Waals surface area contributed by atoms with E-state index in [1.165, 1.54) is 27.8 Å². The van der Waals surface area contributed by atoms with E-state index in [1.807, 2.05) is 12.1 Å². The molecule has 0 heterocycles. The normalized spacial score (nSPS) is 10.7. The molecule has 1 nitrogen and oxygen atoms in total. The van der Waals surface area contributed by atoms with E-state index in [4.69, 9.17) is 4.74 Å². The highest BCUT2D eigenvalue weighted by Gasteiger charge is 2.06. The largest absolute Gasteiger partial charge is 0.489 e. The maximum Gasteiger partial charge on any atom is 0.120 e. The molecule has 0 aromatic heterocycles. The Morgan fingerprint density at radius 2 is 1.65 bits per heavy atom. The summed E-state index contributed by atoms with van der Waals surface area (Å²) < 4.78 is 7.05. The number of rotatable bonds is 4. The fraction of sp³-hybridized carbons (Fsp3) is 0.294. The van der Waals surface area contributed by atoms with Crippen LogP contribution < -0.4 is 4.74 Å². The van der Waals surface area contributed by atoms with Gasteiger partial charge in [-0.15, -0.1) is 0 Å². The Bertz CT molecular complexity index is 597. The van der Waals surface area contributed by atoms with Gasteiger partial charge in [0, 0.05) is 9.80 Å². The Hall–Kier alpha value is -0.800. The molecule has 0 unspecified atom stereocenters. The number of hydrogen-bond donors (Lipinski definition) is 0. The zero-order valence-corrected chi connectivity index (χ0v) is 15.1. The fourth-order valence-corrected chi connectivity index (χ4v) is 3.56. The molecule has 2 aromatic carbocycles. The maximum atomic E-state index is 5.95. The van der Waals surface area contributed by atoms with Crippen LogP contribution in [0.4, 0.5) is 0 Å². The molecule has 0 spiro atoms. The Morgan fingerprint density at radius 3 is 2.25 bits per heavy atom. The topological polar surface area (TPSA) is 9.23 Å². The average molecular weight is 398 g/mol. The fourth-order valence-electron chi connectivity index (χ4n) is 2.34. The van der Waals surface area contributed by atoms with Crippen LogP contribution in [0.15, 0.2) is 34.8 Å². The monoisotopic (exact) mass is 396 g/mol. The van der Waals surface area contributed by atoms with Gasteiger partial charge in [-0.1, -0.05) is 49.6 Å². The smallest absolute Gasteiger partial charge is 0.120 e. The van der Waals surface area contributed by atoms with E-state index in [0.29, 0.717) is 6.61 Å². The van der Waals surface area contributed by atoms with E-state index in [9.17, 15) is 0 Å². The van der Waals surface area contributed by atoms with Crippen molar-refractivity contribution in [2.24, 2.45) is 0 Å². The van der Waals surface area contributed by atoms with Crippen LogP contribution in [0.2, 0.25) is 0 Å². The van der Waals surface area contributed by atoms with Gasteiger partial charge in [0.2, 0.25) is 0 Å². The third kappa shape index (κ3) is 3.64. The van der Waals surface area contributed by atoms with Gasteiger partial charge in [-0.2, -0.15) is 0 Å². The summed E-state index contributed by atoms with van der Waals surface area (Å²) in [5.74, 6) is 0.905. The standard InChI is InChI=1S/C17H18Br2O/c1-11-6-12(2)16(13(3)7-11)10-20-15-4-5-17(19)14(8-15)9-18/h4-8H,9-10H2,1-3H3. The summed E-state index contributed by atoms with van der Waals surface area (Å²) in [4.78, 5) is 0. The Labute approximate surface area is 137 Å². The van der Waals surface area contributed by atoms with Crippen molar-refractivity contribution < 1.29 is 4.74 Å². The average Bonchev–Trinajstić information content (AvgIpc) is 2.39. The molecule has 2 aromatic rings. The van der Waals surface area contributed by atoms with Crippen LogP contribution in [0.5, 0.6) is 5.75 Å². The SMILES string of the molecule is Cc1cc(C)c(COc2ccc(Br)c(CBr)c2)c(C)c1. The van der Waals surface area contributed by atoms with Crippen molar-refractivity contribution in [3.63, 3.8) is 0 Å². The maximum absolute atomic E-state index is 5.95. The number of benzene rings is 2. The van der Waals surface area contributed by atoms with E-state index in [1.54, 1.807) is 0 Å². The lowest BCUT2D eigenvalue weighted by atomic mass is 10.0. The molecular formula is C17H18Br2O. The molecule has 0 amide bonds. The van der Waals surface area contributed by atoms with Crippen LogP contribution in [0, 0.1) is 20.8 Å². The second-order valence-corrected chi connectivity index (χ2v) is 6.47. The second-order valence-electron chi connectivity index (χ2n) is 5.05. The third-order valence-electron chi connectivity index (χ3n) is 3.38. The minimum atomic E-state index is 0.612. The lowest BCUT2D eigenvalue weighted by Gasteiger charge is -2.13. The van der Waals surface area contributed by atoms with Crippen molar-refractivity contribution in [3.05, 3.63) is 62.6 Å². The molecule has 0 aliphatic heterocycles. The minimum Gasteiger partial charge on any atom is -0.489 e. The molecule has 106 valence electrons. The lowest BCUT2D eigenvalue weighted by molar-refractivity contribution is 0.304. The summed E-state index contributed by atoms with van der Waals surface area (Å²) in [5.41, 5.74) is 6.35. The summed E-state index contributed by atoms with van der Waals surface area (Å²) in [6, 6.07) is 10.5. The van der Waals surface area contributed by atoms with Crippen molar-refractivity contribution in [1.82, 2.24) is 0 Å². The quantitative estimate of drug-likeness (QED) is 0.588. The van der Waals surface area contributed by atoms with Crippen molar-refractivity contribution in [1.29, 1.82) is 0 Å². The van der Waals surface area contributed by atoms with Gasteiger partial charge in [-0.25, -0.2) is 0 Å². The van der Waals surface area contributed by atoms with Crippen molar-refractivity contribution >= 4 is 31.9 Å². The summed E-state index contributed by atoms with van der Waals surface area (Å²) in [6.07, 6.45) is 0. The predicted octanol–water partition coefficient (Wildman–Crippen LogP) is 5.85. The number of alkyl halides is 1. The summed E-state index contributed by atoms with van der Waals surface area (Å²) in [5, 5.41) is 0.813. The van der Waals surface area contributed by atoms with Gasteiger partial charge >= 0.3 is 0 Å². The first-order chi connectivity index (χ1) is 9.51. The van der Waals surface area contributed by atoms with Crippen LogP contribution in [-0.2, 0) is 11.9 Å². The van der Waals surface area contributed by atoms with Gasteiger partial charge in [0.1, 0.15) is 12.4 Å². The highest BCUT2D eigenvalue weighted by atomic mass is 79.9. The molecule has 0 saturated heterocycles. The highest BCUT2D eigenvalue weighted by Crippen LogP contribution is 2.26. The highest BCUT2D eigenvalue weighted by molar-refractivity contribution is 9.10. The van der Waals surface area contributed by atoms with Gasteiger partial charge in [0.15, 0.2) is 0 Å². The summed E-state index contributed by atoms with van der Waals surface area (Å²) >= 11 is 7.02. The molecule has 0 aliphatic rings. The van der Waals surface area contributed by atoms with Crippen LogP contribution >= 0.6 is 31.9 Å². The Kier molecular flexibility index (Phi) is 5.28. The molecular weight excluding hydrogens is 380 g/mol. The van der Waals surface area contributed by atoms with Crippen molar-refractivity contribution in [2.45, 2.75) is 32.7 Å². The molecule has 20 heavy (non-hydrogen) atoms. The number of halogens is 2. The number of aryl methyl sites for hydroxylation is 3. The van der Waals surface area contributed by atoms with Crippen molar-refractivity contribution in [3.8, 4) is 5.75 Å². The van der Waals surface area contributed by atoms with Gasteiger partial charge in [0.25, 0.3) is 0 Å². The summed E-state index contributed by atoms with van der Waals surface area (Å²) in [7, 11) is 0. The van der Waals surface area contributed by atoms with Crippen molar-refractivity contribution in [2.75, 3.05) is 0 Å². The molecule has 2 rings (SSSR count). The molecule has 0 fully saturated rings. The van der Waals surface area contributed by atoms with Crippen LogP contribution in [0.1, 0.15) is 27.8 Å². The second kappa shape index (κ2) is 6.77. The first-order valence-electron chi connectivity index (χ1n) is 6.55. The first-order valence-corrected chi connectivity index (χ1v) is 8.46. The third-order valence-corrected chi connectivity index (χ3v) is 4.76. The Morgan fingerprint density at radius 1 is 1.00 bits per heavy atom. The molecule has 0 atom stereocenters. The van der Waals surface area contributed by atoms with Gasteiger partial charge in [-0.05, 0) is 61.2 Å². The van der Waals surface area contributed by atoms with E-state index < -0.39 is 0 Å². The molecule has 0 saturated carbocycles. The molecule has 3 heteroatoms. The summed E-state index contributed by atoms with van der Waals surface area (Å²) in [6.45, 7) is 7.03. The molecule has 0 aliphatic carbocycles. The van der Waals surface area contributed by atoms with Gasteiger partial charge in [0.05, 0.1) is 0 Å². The minimum absolute atomic E-state index is 0.612. The van der Waals surface area contributed by atoms with E-state index in [-0.39, 0.29) is 0 Å². The predicted molar refractivity (Wildman–Crippen MR) is 91.8 cm³/mol. The molecule has 0 radical (unpaired) electrons. The van der Waals surface area contributed by atoms with E-state index in [2.05, 4.69) is 70.8 Å². The molecule has 0 bridgehead atoms. The van der Waals surface area contributed by atoms with Crippen LogP contribution in [0.25, 0.3) is 0 Å². The van der Waals surface area contributed by atoms with Gasteiger partial charge < -0.3 is 4.74 Å². The Balaban J connectivity index is 2.17. The van der Waals surface area contributed by atoms with Gasteiger partial charge in [-0.3, -0.25) is 0 Å². The van der Waals surface area contributed by atoms with Crippen LogP contribution in [0.3, 0.4) is 0 Å². The first kappa shape index (κ1) is 15.6. The van der Waals surface area contributed by atoms with E-state index in [0.717, 1.165) is 15.6 Å². The number of hydrogen-bond acceptors (Lipinski definition) is 1. The zero-order valence-electron chi connectivity index (χ0n) is 12.0. The zero-order chi connectivity index (χ0) is 14.7. The lowest BCUT2D eigenvalue weighted by Crippen LogP contribution is -2.01.